The van der Waals surface area contributed by atoms with E-state index in [1.165, 1.54) is 6.42 Å². The van der Waals surface area contributed by atoms with Gasteiger partial charge in [0.1, 0.15) is 6.04 Å². The van der Waals surface area contributed by atoms with E-state index in [-0.39, 0.29) is 30.1 Å². The van der Waals surface area contributed by atoms with E-state index in [0.717, 1.165) is 24.9 Å². The molecule has 0 saturated carbocycles. The molecular formula is C25H38N4O3. The molecule has 2 aliphatic rings. The maximum atomic E-state index is 13.2. The summed E-state index contributed by atoms with van der Waals surface area (Å²) >= 11 is 0. The molecule has 2 heterocycles. The summed E-state index contributed by atoms with van der Waals surface area (Å²) in [5, 5.41) is 2.95. The first-order valence-electron chi connectivity index (χ1n) is 12.0. The molecule has 2 unspecified atom stereocenters. The molecule has 7 nitrogen and oxygen atoms in total. The zero-order valence-corrected chi connectivity index (χ0v) is 19.8. The lowest BCUT2D eigenvalue weighted by molar-refractivity contribution is -0.140. The molecule has 0 radical (unpaired) electrons. The molecule has 0 bridgehead atoms. The van der Waals surface area contributed by atoms with E-state index in [0.29, 0.717) is 38.8 Å². The minimum Gasteiger partial charge on any atom is -0.344 e. The van der Waals surface area contributed by atoms with Gasteiger partial charge in [0.15, 0.2) is 0 Å². The van der Waals surface area contributed by atoms with E-state index in [1.54, 1.807) is 0 Å². The molecular weight excluding hydrogens is 404 g/mol. The van der Waals surface area contributed by atoms with Crippen LogP contribution in [-0.4, -0.2) is 83.8 Å². The summed E-state index contributed by atoms with van der Waals surface area (Å²) in [4.78, 5) is 44.4. The van der Waals surface area contributed by atoms with Crippen LogP contribution in [0, 0.1) is 5.92 Å². The lowest BCUT2D eigenvalue weighted by atomic mass is 10.0. The molecule has 3 amide bonds. The first-order chi connectivity index (χ1) is 15.3. The van der Waals surface area contributed by atoms with Gasteiger partial charge in [-0.15, -0.1) is 0 Å². The predicted octanol–water partition coefficient (Wildman–Crippen LogP) is 1.92. The summed E-state index contributed by atoms with van der Waals surface area (Å²) in [5.41, 5.74) is 0.932. The van der Waals surface area contributed by atoms with Crippen LogP contribution in [0.3, 0.4) is 0 Å². The highest BCUT2D eigenvalue weighted by Gasteiger charge is 2.32. The van der Waals surface area contributed by atoms with Gasteiger partial charge < -0.3 is 15.1 Å². The molecule has 7 heteroatoms. The standard InChI is InChI=1S/C25H38N4O3/c1-19(2)24(26-22(30)17-21-10-5-4-6-11-21)25(32)28-15-13-27(14-16-28)18-23(31)29-12-8-7-9-20(29)3/h4-6,10-11,19-20,24H,7-9,12-18H2,1-3H3,(H,26,30). The fraction of sp³-hybridized carbons (Fsp3) is 0.640. The molecule has 0 aliphatic carbocycles. The van der Waals surface area contributed by atoms with Crippen LogP contribution in [0.1, 0.15) is 45.6 Å². The third-order valence-corrected chi connectivity index (χ3v) is 6.62. The summed E-state index contributed by atoms with van der Waals surface area (Å²) in [7, 11) is 0. The van der Waals surface area contributed by atoms with Crippen molar-refractivity contribution in [1.82, 2.24) is 20.0 Å². The average molecular weight is 443 g/mol. The van der Waals surface area contributed by atoms with Crippen LogP contribution in [-0.2, 0) is 20.8 Å². The number of likely N-dealkylation sites (tertiary alicyclic amines) is 1. The number of hydrogen-bond acceptors (Lipinski definition) is 4. The highest BCUT2D eigenvalue weighted by molar-refractivity contribution is 5.88. The van der Waals surface area contributed by atoms with Gasteiger partial charge >= 0.3 is 0 Å². The van der Waals surface area contributed by atoms with Crippen molar-refractivity contribution in [1.29, 1.82) is 0 Å². The Morgan fingerprint density at radius 3 is 2.31 bits per heavy atom. The van der Waals surface area contributed by atoms with Gasteiger partial charge in [-0.25, -0.2) is 0 Å². The summed E-state index contributed by atoms with van der Waals surface area (Å²) in [6, 6.07) is 9.35. The zero-order chi connectivity index (χ0) is 23.1. The summed E-state index contributed by atoms with van der Waals surface area (Å²) < 4.78 is 0. The monoisotopic (exact) mass is 442 g/mol. The van der Waals surface area contributed by atoms with Gasteiger partial charge in [0.25, 0.3) is 0 Å². The van der Waals surface area contributed by atoms with Gasteiger partial charge in [-0.05, 0) is 37.7 Å². The first kappa shape index (κ1) is 24.2. The molecule has 0 spiro atoms. The Morgan fingerprint density at radius 2 is 1.69 bits per heavy atom. The van der Waals surface area contributed by atoms with Gasteiger partial charge in [0, 0.05) is 38.8 Å². The van der Waals surface area contributed by atoms with Crippen molar-refractivity contribution >= 4 is 17.7 Å². The third kappa shape index (κ3) is 6.55. The third-order valence-electron chi connectivity index (χ3n) is 6.62. The van der Waals surface area contributed by atoms with E-state index in [4.69, 9.17) is 0 Å². The number of hydrogen-bond donors (Lipinski definition) is 1. The first-order valence-corrected chi connectivity index (χ1v) is 12.0. The van der Waals surface area contributed by atoms with Gasteiger partial charge in [-0.3, -0.25) is 19.3 Å². The van der Waals surface area contributed by atoms with Crippen LogP contribution in [0.15, 0.2) is 30.3 Å². The van der Waals surface area contributed by atoms with Crippen LogP contribution in [0.5, 0.6) is 0 Å². The predicted molar refractivity (Wildman–Crippen MR) is 125 cm³/mol. The lowest BCUT2D eigenvalue weighted by Gasteiger charge is -2.39. The Labute approximate surface area is 192 Å². The number of amides is 3. The van der Waals surface area contributed by atoms with E-state index >= 15 is 0 Å². The van der Waals surface area contributed by atoms with Gasteiger partial charge in [0.05, 0.1) is 13.0 Å². The average Bonchev–Trinajstić information content (AvgIpc) is 2.78. The second-order valence-corrected chi connectivity index (χ2v) is 9.48. The Balaban J connectivity index is 1.48. The molecule has 1 aromatic carbocycles. The maximum Gasteiger partial charge on any atom is 0.245 e. The quantitative estimate of drug-likeness (QED) is 0.700. The van der Waals surface area contributed by atoms with E-state index < -0.39 is 6.04 Å². The van der Waals surface area contributed by atoms with Crippen molar-refractivity contribution in [3.05, 3.63) is 35.9 Å². The largest absolute Gasteiger partial charge is 0.344 e. The van der Waals surface area contributed by atoms with Crippen LogP contribution in [0.4, 0.5) is 0 Å². The second-order valence-electron chi connectivity index (χ2n) is 9.48. The van der Waals surface area contributed by atoms with Crippen LogP contribution < -0.4 is 5.32 Å². The molecule has 3 rings (SSSR count). The molecule has 32 heavy (non-hydrogen) atoms. The minimum absolute atomic E-state index is 0.00224. The Hall–Kier alpha value is -2.41. The van der Waals surface area contributed by atoms with Crippen LogP contribution in [0.25, 0.3) is 0 Å². The number of rotatable bonds is 7. The molecule has 2 fully saturated rings. The SMILES string of the molecule is CC(C)C(NC(=O)Cc1ccccc1)C(=O)N1CCN(CC(=O)N2CCCCC2C)CC1. The lowest BCUT2D eigenvalue weighted by Crippen LogP contribution is -2.57. The van der Waals surface area contributed by atoms with Crippen molar-refractivity contribution < 1.29 is 14.4 Å². The number of piperidine rings is 1. The molecule has 2 atom stereocenters. The van der Waals surface area contributed by atoms with Crippen molar-refractivity contribution in [2.24, 2.45) is 5.92 Å². The van der Waals surface area contributed by atoms with Crippen molar-refractivity contribution in [2.45, 2.75) is 58.5 Å². The molecule has 1 N–H and O–H groups in total. The second kappa shape index (κ2) is 11.5. The number of benzene rings is 1. The number of nitrogens with one attached hydrogen (secondary N) is 1. The summed E-state index contributed by atoms with van der Waals surface area (Å²) in [6.07, 6.45) is 3.64. The maximum absolute atomic E-state index is 13.2. The minimum atomic E-state index is -0.534. The van der Waals surface area contributed by atoms with Crippen molar-refractivity contribution in [3.8, 4) is 0 Å². The van der Waals surface area contributed by atoms with Crippen LogP contribution in [0.2, 0.25) is 0 Å². The zero-order valence-electron chi connectivity index (χ0n) is 19.8. The Kier molecular flexibility index (Phi) is 8.67. The van der Waals surface area contributed by atoms with Gasteiger partial charge in [0.2, 0.25) is 17.7 Å². The summed E-state index contributed by atoms with van der Waals surface area (Å²) in [5.74, 6) is 0.0350. The van der Waals surface area contributed by atoms with Crippen molar-refractivity contribution in [2.75, 3.05) is 39.3 Å². The highest BCUT2D eigenvalue weighted by atomic mass is 16.2. The highest BCUT2D eigenvalue weighted by Crippen LogP contribution is 2.17. The number of carbonyl (C=O) groups excluding carboxylic acids is 3. The number of piperazine rings is 1. The van der Waals surface area contributed by atoms with Crippen LogP contribution >= 0.6 is 0 Å². The van der Waals surface area contributed by atoms with E-state index in [9.17, 15) is 14.4 Å². The van der Waals surface area contributed by atoms with Crippen molar-refractivity contribution in [3.63, 3.8) is 0 Å². The molecule has 2 saturated heterocycles. The molecule has 2 aliphatic heterocycles. The normalized spacial score (nSPS) is 20.8. The van der Waals surface area contributed by atoms with E-state index in [2.05, 4.69) is 17.1 Å². The fourth-order valence-corrected chi connectivity index (χ4v) is 4.59. The number of nitrogens with zero attached hydrogens (tertiary/aromatic N) is 3. The Bertz CT molecular complexity index is 775. The summed E-state index contributed by atoms with van der Waals surface area (Å²) in [6.45, 7) is 9.86. The topological polar surface area (TPSA) is 73.0 Å². The molecule has 0 aromatic heterocycles. The molecule has 176 valence electrons. The Morgan fingerprint density at radius 1 is 1.00 bits per heavy atom. The number of carbonyl (C=O) groups is 3. The molecule has 1 aromatic rings. The smallest absolute Gasteiger partial charge is 0.245 e. The fourth-order valence-electron chi connectivity index (χ4n) is 4.59. The van der Waals surface area contributed by atoms with E-state index in [1.807, 2.05) is 54.0 Å². The van der Waals surface area contributed by atoms with Gasteiger partial charge in [-0.2, -0.15) is 0 Å². The van der Waals surface area contributed by atoms with Gasteiger partial charge in [-0.1, -0.05) is 44.2 Å².